The predicted molar refractivity (Wildman–Crippen MR) is 80.8 cm³/mol. The molecule has 0 radical (unpaired) electrons. The molecule has 1 aromatic rings. The summed E-state index contributed by atoms with van der Waals surface area (Å²) >= 11 is 0. The highest BCUT2D eigenvalue weighted by atomic mass is 35.5. The second-order valence-electron chi connectivity index (χ2n) is 5.56. The molecular weight excluding hydrogens is 317 g/mol. The van der Waals surface area contributed by atoms with Gasteiger partial charge in [0.25, 0.3) is 0 Å². The summed E-state index contributed by atoms with van der Waals surface area (Å²) in [7, 11) is 0. The molecule has 1 heterocycles. The van der Waals surface area contributed by atoms with Crippen LogP contribution in [0.15, 0.2) is 24.3 Å². The van der Waals surface area contributed by atoms with Crippen molar-refractivity contribution < 1.29 is 18.0 Å². The number of amides is 1. The maximum atomic E-state index is 12.7. The first-order valence-corrected chi connectivity index (χ1v) is 6.97. The summed E-state index contributed by atoms with van der Waals surface area (Å²) in [5, 5.41) is 5.89. The van der Waals surface area contributed by atoms with Crippen molar-refractivity contribution in [2.75, 3.05) is 13.1 Å². The van der Waals surface area contributed by atoms with E-state index in [0.29, 0.717) is 11.5 Å². The summed E-state index contributed by atoms with van der Waals surface area (Å²) in [5.41, 5.74) is -0.241. The number of rotatable bonds is 4. The minimum absolute atomic E-state index is 0. The molecule has 2 rings (SSSR count). The number of carbonyl (C=O) groups is 1. The van der Waals surface area contributed by atoms with E-state index in [2.05, 4.69) is 10.6 Å². The summed E-state index contributed by atoms with van der Waals surface area (Å²) in [6.45, 7) is 5.16. The predicted octanol–water partition coefficient (Wildman–Crippen LogP) is 3.16. The highest BCUT2D eigenvalue weighted by molar-refractivity contribution is 5.85. The van der Waals surface area contributed by atoms with Crippen LogP contribution in [0.3, 0.4) is 0 Å². The van der Waals surface area contributed by atoms with Crippen LogP contribution < -0.4 is 10.6 Å². The molecule has 2 atom stereocenters. The second kappa shape index (κ2) is 7.33. The first-order valence-electron chi connectivity index (χ1n) is 6.97. The van der Waals surface area contributed by atoms with Gasteiger partial charge in [-0.2, -0.15) is 13.2 Å². The van der Waals surface area contributed by atoms with Crippen LogP contribution in [0.25, 0.3) is 0 Å². The smallest absolute Gasteiger partial charge is 0.349 e. The fourth-order valence-electron chi connectivity index (χ4n) is 2.29. The van der Waals surface area contributed by atoms with Crippen molar-refractivity contribution in [1.29, 1.82) is 0 Å². The summed E-state index contributed by atoms with van der Waals surface area (Å²) in [6, 6.07) is 4.62. The van der Waals surface area contributed by atoms with Crippen LogP contribution in [0.5, 0.6) is 0 Å². The van der Waals surface area contributed by atoms with E-state index >= 15 is 0 Å². The fraction of sp³-hybridized carbons (Fsp3) is 0.533. The lowest BCUT2D eigenvalue weighted by molar-refractivity contribution is -0.137. The number of carbonyl (C=O) groups excluding carboxylic acids is 1. The first kappa shape index (κ1) is 18.8. The van der Waals surface area contributed by atoms with Gasteiger partial charge in [0.2, 0.25) is 5.91 Å². The van der Waals surface area contributed by atoms with E-state index in [4.69, 9.17) is 0 Å². The van der Waals surface area contributed by atoms with Gasteiger partial charge in [0, 0.05) is 5.92 Å². The van der Waals surface area contributed by atoms with E-state index < -0.39 is 17.8 Å². The van der Waals surface area contributed by atoms with Crippen LogP contribution in [0.2, 0.25) is 0 Å². The third-order valence-corrected chi connectivity index (χ3v) is 4.01. The van der Waals surface area contributed by atoms with Gasteiger partial charge in [0.1, 0.15) is 0 Å². The number of hydrogen-bond donors (Lipinski definition) is 2. The summed E-state index contributed by atoms with van der Waals surface area (Å²) in [5.74, 6) is 0.0459. The lowest BCUT2D eigenvalue weighted by Gasteiger charge is -2.32. The lowest BCUT2D eigenvalue weighted by atomic mass is 9.88. The fourth-order valence-corrected chi connectivity index (χ4v) is 2.29. The zero-order valence-electron chi connectivity index (χ0n) is 12.4. The average molecular weight is 337 g/mol. The Bertz CT molecular complexity index is 518. The minimum Gasteiger partial charge on any atom is -0.349 e. The Hall–Kier alpha value is -1.27. The third-order valence-electron chi connectivity index (χ3n) is 4.01. The van der Waals surface area contributed by atoms with Gasteiger partial charge in [0.15, 0.2) is 0 Å². The number of benzene rings is 1. The van der Waals surface area contributed by atoms with Gasteiger partial charge < -0.3 is 10.6 Å². The molecule has 0 bridgehead atoms. The third kappa shape index (κ3) is 4.36. The Morgan fingerprint density at radius 3 is 2.45 bits per heavy atom. The van der Waals surface area contributed by atoms with E-state index in [1.165, 1.54) is 6.07 Å². The second-order valence-corrected chi connectivity index (χ2v) is 5.56. The molecule has 22 heavy (non-hydrogen) atoms. The quantitative estimate of drug-likeness (QED) is 0.886. The van der Waals surface area contributed by atoms with Gasteiger partial charge in [0.05, 0.1) is 11.6 Å². The number of alkyl halides is 3. The molecule has 1 aliphatic rings. The monoisotopic (exact) mass is 336 g/mol. The molecule has 3 nitrogen and oxygen atoms in total. The van der Waals surface area contributed by atoms with Crippen LogP contribution in [-0.2, 0) is 11.0 Å². The molecule has 1 saturated heterocycles. The van der Waals surface area contributed by atoms with E-state index in [-0.39, 0.29) is 24.2 Å². The molecular formula is C15H20ClF3N2O. The van der Waals surface area contributed by atoms with Gasteiger partial charge in [-0.25, -0.2) is 0 Å². The molecule has 1 amide bonds. The molecule has 1 fully saturated rings. The SMILES string of the molecule is CC(NC(=O)C(C)C1CNC1)c1cccc(C(F)(F)F)c1.Cl. The molecule has 1 aromatic carbocycles. The van der Waals surface area contributed by atoms with Gasteiger partial charge >= 0.3 is 6.18 Å². The molecule has 1 aliphatic heterocycles. The van der Waals surface area contributed by atoms with Crippen molar-refractivity contribution in [3.05, 3.63) is 35.4 Å². The largest absolute Gasteiger partial charge is 0.416 e. The summed E-state index contributed by atoms with van der Waals surface area (Å²) in [4.78, 5) is 12.1. The number of halogens is 4. The maximum Gasteiger partial charge on any atom is 0.416 e. The topological polar surface area (TPSA) is 41.1 Å². The summed E-state index contributed by atoms with van der Waals surface area (Å²) in [6.07, 6.45) is -4.37. The van der Waals surface area contributed by atoms with E-state index in [1.54, 1.807) is 13.0 Å². The standard InChI is InChI=1S/C15H19F3N2O.ClH/c1-9(12-7-19-8-12)14(21)20-10(2)11-4-3-5-13(6-11)15(16,17)18;/h3-6,9-10,12,19H,7-8H2,1-2H3,(H,20,21);1H. The van der Waals surface area contributed by atoms with Crippen LogP contribution in [-0.4, -0.2) is 19.0 Å². The van der Waals surface area contributed by atoms with Crippen molar-refractivity contribution in [2.45, 2.75) is 26.1 Å². The highest BCUT2D eigenvalue weighted by Crippen LogP contribution is 2.30. The van der Waals surface area contributed by atoms with Crippen molar-refractivity contribution >= 4 is 18.3 Å². The normalized spacial score (nSPS) is 17.9. The molecule has 2 N–H and O–H groups in total. The van der Waals surface area contributed by atoms with Crippen LogP contribution in [0.4, 0.5) is 13.2 Å². The molecule has 0 spiro atoms. The minimum atomic E-state index is -4.37. The molecule has 124 valence electrons. The van der Waals surface area contributed by atoms with Crippen LogP contribution in [0, 0.1) is 11.8 Å². The number of hydrogen-bond acceptors (Lipinski definition) is 2. The van der Waals surface area contributed by atoms with E-state index in [9.17, 15) is 18.0 Å². The van der Waals surface area contributed by atoms with E-state index in [1.807, 2.05) is 6.92 Å². The molecule has 0 aliphatic carbocycles. The number of nitrogens with one attached hydrogen (secondary N) is 2. The zero-order valence-corrected chi connectivity index (χ0v) is 13.2. The Morgan fingerprint density at radius 2 is 1.95 bits per heavy atom. The van der Waals surface area contributed by atoms with Crippen molar-refractivity contribution in [2.24, 2.45) is 11.8 Å². The molecule has 7 heteroatoms. The average Bonchev–Trinajstić information content (AvgIpc) is 2.35. The molecule has 2 unspecified atom stereocenters. The summed E-state index contributed by atoms with van der Waals surface area (Å²) < 4.78 is 38.1. The zero-order chi connectivity index (χ0) is 15.6. The van der Waals surface area contributed by atoms with Crippen LogP contribution >= 0.6 is 12.4 Å². The molecule has 0 saturated carbocycles. The van der Waals surface area contributed by atoms with Crippen LogP contribution in [0.1, 0.15) is 31.0 Å². The Balaban J connectivity index is 0.00000242. The van der Waals surface area contributed by atoms with Gasteiger partial charge in [-0.1, -0.05) is 19.1 Å². The Labute approximate surface area is 134 Å². The van der Waals surface area contributed by atoms with Gasteiger partial charge in [-0.3, -0.25) is 4.79 Å². The van der Waals surface area contributed by atoms with Crippen molar-refractivity contribution in [3.63, 3.8) is 0 Å². The van der Waals surface area contributed by atoms with Crippen molar-refractivity contribution in [3.8, 4) is 0 Å². The first-order chi connectivity index (χ1) is 9.79. The Kier molecular flexibility index (Phi) is 6.26. The van der Waals surface area contributed by atoms with E-state index in [0.717, 1.165) is 25.2 Å². The molecule has 0 aromatic heterocycles. The Morgan fingerprint density at radius 1 is 1.32 bits per heavy atom. The van der Waals surface area contributed by atoms with Gasteiger partial charge in [-0.05, 0) is 43.6 Å². The maximum absolute atomic E-state index is 12.7. The van der Waals surface area contributed by atoms with Gasteiger partial charge in [-0.15, -0.1) is 12.4 Å². The highest BCUT2D eigenvalue weighted by Gasteiger charge is 2.32. The lowest BCUT2D eigenvalue weighted by Crippen LogP contribution is -2.49. The van der Waals surface area contributed by atoms with Crippen molar-refractivity contribution in [1.82, 2.24) is 10.6 Å².